The van der Waals surface area contributed by atoms with E-state index in [-0.39, 0.29) is 40.8 Å². The van der Waals surface area contributed by atoms with Crippen molar-refractivity contribution in [1.82, 2.24) is 5.32 Å². The lowest BCUT2D eigenvalue weighted by atomic mass is 10.0. The number of hydrogen-bond acceptors (Lipinski definition) is 7. The number of unbranched alkanes of at least 4 members (excludes halogenated alkanes) is 1. The molecule has 0 aromatic heterocycles. The zero-order valence-corrected chi connectivity index (χ0v) is 20.5. The summed E-state index contributed by atoms with van der Waals surface area (Å²) in [4.78, 5) is 44.4. The molecule has 0 unspecified atom stereocenters. The Labute approximate surface area is 214 Å². The fraction of sp³-hybridized carbons (Fsp3) is 0.250. The lowest BCUT2D eigenvalue weighted by Gasteiger charge is -2.15. The fourth-order valence-corrected chi connectivity index (χ4v) is 4.25. The van der Waals surface area contributed by atoms with Crippen LogP contribution in [0.5, 0.6) is 0 Å². The molecule has 194 valence electrons. The summed E-state index contributed by atoms with van der Waals surface area (Å²) in [5.41, 5.74) is 11.8. The molecule has 0 spiro atoms. The van der Waals surface area contributed by atoms with Crippen LogP contribution >= 0.6 is 0 Å². The normalized spacial score (nSPS) is 12.6. The van der Waals surface area contributed by atoms with Crippen LogP contribution in [0.3, 0.4) is 0 Å². The number of hydrogen-bond donors (Lipinski definition) is 5. The number of rotatable bonds is 11. The maximum Gasteiger partial charge on any atom is 0.326 e. The minimum atomic E-state index is -2.75. The van der Waals surface area contributed by atoms with Gasteiger partial charge in [-0.15, -0.1) is 0 Å². The first-order chi connectivity index (χ1) is 17.7. The predicted octanol–water partition coefficient (Wildman–Crippen LogP) is 0.367. The average Bonchev–Trinajstić information content (AvgIpc) is 3.24. The van der Waals surface area contributed by atoms with Crippen molar-refractivity contribution in [2.45, 2.75) is 31.7 Å². The Morgan fingerprint density at radius 1 is 1.03 bits per heavy atom. The van der Waals surface area contributed by atoms with Crippen LogP contribution in [0.1, 0.15) is 30.4 Å². The molecule has 3 rings (SSSR count). The number of carbonyl (C=O) groups excluding carboxylic acids is 2. The number of nitrogens with zero attached hydrogens (tertiary/aromatic N) is 2. The van der Waals surface area contributed by atoms with Gasteiger partial charge in [0.2, 0.25) is 16.2 Å². The summed E-state index contributed by atoms with van der Waals surface area (Å²) in [7, 11) is -2.75. The minimum Gasteiger partial charge on any atom is -0.480 e. The van der Waals surface area contributed by atoms with Crippen LogP contribution < -0.4 is 22.1 Å². The zero-order chi connectivity index (χ0) is 26.9. The van der Waals surface area contributed by atoms with Crippen molar-refractivity contribution >= 4 is 56.0 Å². The highest BCUT2D eigenvalue weighted by Crippen LogP contribution is 2.26. The molecule has 0 saturated carbocycles. The lowest BCUT2D eigenvalue weighted by Crippen LogP contribution is -2.46. The Morgan fingerprint density at radius 2 is 1.73 bits per heavy atom. The predicted molar refractivity (Wildman–Crippen MR) is 139 cm³/mol. The van der Waals surface area contributed by atoms with Gasteiger partial charge in [0.1, 0.15) is 10.9 Å². The van der Waals surface area contributed by atoms with Gasteiger partial charge in [-0.2, -0.15) is 8.42 Å². The number of benzene rings is 2. The van der Waals surface area contributed by atoms with Crippen molar-refractivity contribution in [2.24, 2.45) is 21.5 Å². The maximum absolute atomic E-state index is 12.8. The van der Waals surface area contributed by atoms with Crippen LogP contribution in [0.2, 0.25) is 0 Å². The summed E-state index contributed by atoms with van der Waals surface area (Å²) in [6.45, 7) is 0.444. The highest BCUT2D eigenvalue weighted by atomic mass is 32.2. The standard InChI is InChI=1S/C24H26N6O6S/c25-24(26)27-12-4-3-7-19(31)28-15-10-8-14(9-11-15)13-18(23(33)34)30-22(32)20-21(37(35)36)16-5-1-2-6-17(16)29-20/h1-2,5-6,8-11,18H,3-4,7,12-13H2,(H,28,31)(H,30,32)(H,33,34)(H4,25,26,27)/t18-/m0/s1. The number of guanidine groups is 1. The summed E-state index contributed by atoms with van der Waals surface area (Å²) in [5.74, 6) is -2.39. The molecule has 2 amide bonds. The van der Waals surface area contributed by atoms with Gasteiger partial charge in [0.15, 0.2) is 11.7 Å². The van der Waals surface area contributed by atoms with Crippen LogP contribution in [0.4, 0.5) is 11.4 Å². The molecule has 0 aliphatic carbocycles. The SMILES string of the molecule is NC(N)=NCCCCC(=O)Nc1ccc(C[C@H](NC(=O)C2=Nc3ccccc3C2=S(=O)=O)C(=O)O)cc1. The molecular formula is C24H26N6O6S. The number of para-hydroxylation sites is 1. The molecule has 7 N–H and O–H groups in total. The zero-order valence-electron chi connectivity index (χ0n) is 19.7. The summed E-state index contributed by atoms with van der Waals surface area (Å²) in [5, 5.41) is 14.7. The van der Waals surface area contributed by atoms with Crippen LogP contribution in [-0.4, -0.2) is 60.4 Å². The Bertz CT molecular complexity index is 1390. The maximum atomic E-state index is 12.8. The van der Waals surface area contributed by atoms with E-state index in [0.29, 0.717) is 36.3 Å². The van der Waals surface area contributed by atoms with E-state index in [1.54, 1.807) is 42.5 Å². The van der Waals surface area contributed by atoms with E-state index in [9.17, 15) is 27.9 Å². The third-order valence-electron chi connectivity index (χ3n) is 5.37. The molecule has 2 aromatic rings. The number of anilines is 1. The molecule has 1 atom stereocenters. The average molecular weight is 527 g/mol. The Kier molecular flexibility index (Phi) is 9.11. The molecule has 12 nitrogen and oxygen atoms in total. The Morgan fingerprint density at radius 3 is 2.38 bits per heavy atom. The third-order valence-corrected chi connectivity index (χ3v) is 6.11. The smallest absolute Gasteiger partial charge is 0.326 e. The van der Waals surface area contributed by atoms with Crippen molar-refractivity contribution in [3.8, 4) is 0 Å². The van der Waals surface area contributed by atoms with Crippen molar-refractivity contribution < 1.29 is 27.9 Å². The topological polar surface area (TPSA) is 206 Å². The number of fused-ring (bicyclic) bond motifs is 1. The number of carboxylic acids is 1. The second-order valence-electron chi connectivity index (χ2n) is 8.12. The van der Waals surface area contributed by atoms with Gasteiger partial charge in [-0.3, -0.25) is 14.6 Å². The number of nitrogens with one attached hydrogen (secondary N) is 2. The van der Waals surface area contributed by atoms with E-state index in [2.05, 4.69) is 20.6 Å². The van der Waals surface area contributed by atoms with Crippen LogP contribution in [0.25, 0.3) is 0 Å². The molecule has 0 bridgehead atoms. The van der Waals surface area contributed by atoms with Gasteiger partial charge >= 0.3 is 5.97 Å². The Hall–Kier alpha value is -4.52. The monoisotopic (exact) mass is 526 g/mol. The number of nitrogens with two attached hydrogens (primary N) is 2. The molecule has 2 aromatic carbocycles. The van der Waals surface area contributed by atoms with Gasteiger partial charge in [0, 0.05) is 30.6 Å². The van der Waals surface area contributed by atoms with Crippen LogP contribution in [-0.2, 0) is 31.1 Å². The quantitative estimate of drug-likeness (QED) is 0.119. The van der Waals surface area contributed by atoms with E-state index in [0.717, 1.165) is 0 Å². The second kappa shape index (κ2) is 12.4. The van der Waals surface area contributed by atoms with Crippen molar-refractivity contribution in [3.63, 3.8) is 0 Å². The molecular weight excluding hydrogens is 500 g/mol. The molecule has 13 heteroatoms. The van der Waals surface area contributed by atoms with Gasteiger partial charge in [0.05, 0.1) is 5.69 Å². The molecule has 1 aliphatic rings. The number of aliphatic imine (C=N–C) groups is 2. The largest absolute Gasteiger partial charge is 0.480 e. The molecule has 1 heterocycles. The summed E-state index contributed by atoms with van der Waals surface area (Å²) in [6.07, 6.45) is 1.48. The highest BCUT2D eigenvalue weighted by molar-refractivity contribution is 7.75. The third kappa shape index (κ3) is 7.48. The minimum absolute atomic E-state index is 0.00841. The first kappa shape index (κ1) is 27.1. The van der Waals surface area contributed by atoms with Gasteiger partial charge in [-0.1, -0.05) is 30.3 Å². The van der Waals surface area contributed by atoms with E-state index in [1.807, 2.05) is 0 Å². The van der Waals surface area contributed by atoms with E-state index >= 15 is 0 Å². The summed E-state index contributed by atoms with van der Waals surface area (Å²) >= 11 is 0. The molecule has 1 aliphatic heterocycles. The van der Waals surface area contributed by atoms with Crippen molar-refractivity contribution in [1.29, 1.82) is 0 Å². The highest BCUT2D eigenvalue weighted by Gasteiger charge is 2.31. The van der Waals surface area contributed by atoms with Gasteiger partial charge in [0.25, 0.3) is 5.91 Å². The molecule has 37 heavy (non-hydrogen) atoms. The fourth-order valence-electron chi connectivity index (χ4n) is 3.60. The van der Waals surface area contributed by atoms with Crippen LogP contribution in [0.15, 0.2) is 58.5 Å². The van der Waals surface area contributed by atoms with Gasteiger partial charge < -0.3 is 27.2 Å². The van der Waals surface area contributed by atoms with Crippen molar-refractivity contribution in [2.75, 3.05) is 11.9 Å². The van der Waals surface area contributed by atoms with Crippen LogP contribution in [0, 0.1) is 0 Å². The lowest BCUT2D eigenvalue weighted by molar-refractivity contribution is -0.141. The van der Waals surface area contributed by atoms with Crippen molar-refractivity contribution in [3.05, 3.63) is 59.7 Å². The van der Waals surface area contributed by atoms with E-state index in [1.165, 1.54) is 6.07 Å². The first-order valence-electron chi connectivity index (χ1n) is 11.3. The Balaban J connectivity index is 1.59. The molecule has 0 saturated heterocycles. The second-order valence-corrected chi connectivity index (χ2v) is 9.00. The number of carbonyl (C=O) groups is 3. The number of aliphatic carboxylic acids is 1. The summed E-state index contributed by atoms with van der Waals surface area (Å²) < 4.78 is 23.5. The molecule has 0 radical (unpaired) electrons. The van der Waals surface area contributed by atoms with Gasteiger partial charge in [-0.25, -0.2) is 9.79 Å². The van der Waals surface area contributed by atoms with Gasteiger partial charge in [-0.05, 0) is 36.6 Å². The first-order valence-corrected chi connectivity index (χ1v) is 12.4. The van der Waals surface area contributed by atoms with E-state index < -0.39 is 28.2 Å². The number of carboxylic acid groups (broad SMARTS) is 1. The number of amides is 2. The van der Waals surface area contributed by atoms with E-state index in [4.69, 9.17) is 11.5 Å². The molecule has 0 fully saturated rings. The summed E-state index contributed by atoms with van der Waals surface area (Å²) in [6, 6.07) is 11.5.